The van der Waals surface area contributed by atoms with Gasteiger partial charge in [-0.3, -0.25) is 24.5 Å². The van der Waals surface area contributed by atoms with Crippen LogP contribution in [0.2, 0.25) is 0 Å². The van der Waals surface area contributed by atoms with Gasteiger partial charge in [-0.05, 0) is 42.8 Å². The number of aryl methyl sites for hydroxylation is 1. The van der Waals surface area contributed by atoms with Crippen LogP contribution in [0.15, 0.2) is 78.2 Å². The van der Waals surface area contributed by atoms with Crippen molar-refractivity contribution < 1.29 is 19.1 Å². The minimum absolute atomic E-state index is 0.0271. The fourth-order valence-corrected chi connectivity index (χ4v) is 4.35. The zero-order valence-corrected chi connectivity index (χ0v) is 19.6. The van der Waals surface area contributed by atoms with Crippen molar-refractivity contribution in [3.05, 3.63) is 78.6 Å². The Labute approximate surface area is 205 Å². The highest BCUT2D eigenvalue weighted by atomic mass is 32.2. The number of hydrogen-bond donors (Lipinski definition) is 1. The van der Waals surface area contributed by atoms with Gasteiger partial charge in [-0.1, -0.05) is 42.1 Å². The molecule has 2 aromatic heterocycles. The molecule has 0 saturated heterocycles. The van der Waals surface area contributed by atoms with Crippen molar-refractivity contribution in [2.75, 3.05) is 12.4 Å². The number of carbonyl (C=O) groups is 2. The largest absolute Gasteiger partial charge is 0.485 e. The van der Waals surface area contributed by atoms with Gasteiger partial charge in [0.25, 0.3) is 5.91 Å². The third kappa shape index (κ3) is 4.87. The third-order valence-corrected chi connectivity index (χ3v) is 6.23. The SMILES string of the molecule is Cc1ccccc1-n1c(SCC(=O)NC(=O)[C@@H]2COc3ccccc3O2)nnc1-c1cccnc1. The van der Waals surface area contributed by atoms with E-state index in [2.05, 4.69) is 20.5 Å². The van der Waals surface area contributed by atoms with E-state index < -0.39 is 17.9 Å². The molecular formula is C25H21N5O4S. The molecule has 1 atom stereocenters. The highest BCUT2D eigenvalue weighted by Crippen LogP contribution is 2.31. The molecule has 1 N–H and O–H groups in total. The number of imide groups is 1. The zero-order chi connectivity index (χ0) is 24.2. The molecule has 2 aromatic carbocycles. The Bertz CT molecular complexity index is 1380. The molecule has 1 aliphatic heterocycles. The second kappa shape index (κ2) is 9.98. The zero-order valence-electron chi connectivity index (χ0n) is 18.7. The molecule has 0 radical (unpaired) electrons. The Balaban J connectivity index is 1.30. The number of ether oxygens (including phenoxy) is 2. The molecule has 0 bridgehead atoms. The number of hydrogen-bond acceptors (Lipinski definition) is 8. The van der Waals surface area contributed by atoms with Gasteiger partial charge >= 0.3 is 0 Å². The van der Waals surface area contributed by atoms with Crippen LogP contribution in [-0.2, 0) is 9.59 Å². The van der Waals surface area contributed by atoms with Gasteiger partial charge in [0.2, 0.25) is 12.0 Å². The van der Waals surface area contributed by atoms with Gasteiger partial charge in [0.1, 0.15) is 6.61 Å². The first-order chi connectivity index (χ1) is 17.1. The smallest absolute Gasteiger partial charge is 0.271 e. The van der Waals surface area contributed by atoms with Crippen LogP contribution in [0.5, 0.6) is 11.5 Å². The number of nitrogens with zero attached hydrogens (tertiary/aromatic N) is 4. The van der Waals surface area contributed by atoms with Crippen molar-refractivity contribution in [2.45, 2.75) is 18.2 Å². The minimum atomic E-state index is -0.911. The van der Waals surface area contributed by atoms with Crippen LogP contribution < -0.4 is 14.8 Å². The average Bonchev–Trinajstić information content (AvgIpc) is 3.31. The van der Waals surface area contributed by atoms with Crippen LogP contribution in [0.25, 0.3) is 17.1 Å². The first-order valence-corrected chi connectivity index (χ1v) is 11.9. The van der Waals surface area contributed by atoms with Crippen molar-refractivity contribution in [3.8, 4) is 28.6 Å². The minimum Gasteiger partial charge on any atom is -0.485 e. The quantitative estimate of drug-likeness (QED) is 0.413. The van der Waals surface area contributed by atoms with Crippen LogP contribution in [0, 0.1) is 6.92 Å². The fraction of sp³-hybridized carbons (Fsp3) is 0.160. The van der Waals surface area contributed by atoms with E-state index in [9.17, 15) is 9.59 Å². The van der Waals surface area contributed by atoms with Gasteiger partial charge in [-0.15, -0.1) is 10.2 Å². The maximum Gasteiger partial charge on any atom is 0.271 e. The number of para-hydroxylation sites is 3. The summed E-state index contributed by atoms with van der Waals surface area (Å²) < 4.78 is 13.1. The molecule has 3 heterocycles. The lowest BCUT2D eigenvalue weighted by Gasteiger charge is -2.25. The van der Waals surface area contributed by atoms with Crippen LogP contribution in [-0.4, -0.2) is 50.0 Å². The Morgan fingerprint density at radius 3 is 2.66 bits per heavy atom. The number of aromatic nitrogens is 4. The normalized spacial score (nSPS) is 14.4. The summed E-state index contributed by atoms with van der Waals surface area (Å²) in [5.74, 6) is 0.588. The Morgan fingerprint density at radius 1 is 1.06 bits per heavy atom. The molecule has 0 saturated carbocycles. The number of nitrogens with one attached hydrogen (secondary N) is 1. The number of fused-ring (bicyclic) bond motifs is 1. The molecule has 0 fully saturated rings. The van der Waals surface area contributed by atoms with Crippen LogP contribution in [0.3, 0.4) is 0 Å². The molecule has 0 aliphatic carbocycles. The number of rotatable bonds is 6. The molecule has 0 unspecified atom stereocenters. The van der Waals surface area contributed by atoms with Crippen molar-refractivity contribution in [3.63, 3.8) is 0 Å². The first kappa shape index (κ1) is 22.6. The van der Waals surface area contributed by atoms with E-state index in [0.29, 0.717) is 22.5 Å². The highest BCUT2D eigenvalue weighted by molar-refractivity contribution is 7.99. The van der Waals surface area contributed by atoms with E-state index >= 15 is 0 Å². The van der Waals surface area contributed by atoms with Gasteiger partial charge in [-0.2, -0.15) is 0 Å². The lowest BCUT2D eigenvalue weighted by Crippen LogP contribution is -2.46. The molecule has 10 heteroatoms. The Kier molecular flexibility index (Phi) is 6.44. The fourth-order valence-electron chi connectivity index (χ4n) is 3.61. The van der Waals surface area contributed by atoms with Crippen molar-refractivity contribution in [2.24, 2.45) is 0 Å². The maximum atomic E-state index is 12.6. The number of pyridine rings is 1. The third-order valence-electron chi connectivity index (χ3n) is 5.31. The summed E-state index contributed by atoms with van der Waals surface area (Å²) in [5.41, 5.74) is 2.71. The lowest BCUT2D eigenvalue weighted by molar-refractivity contribution is -0.135. The van der Waals surface area contributed by atoms with Gasteiger partial charge in [0, 0.05) is 18.0 Å². The predicted octanol–water partition coefficient (Wildman–Crippen LogP) is 3.21. The second-order valence-electron chi connectivity index (χ2n) is 7.74. The molecule has 9 nitrogen and oxygen atoms in total. The molecule has 5 rings (SSSR count). The number of thioether (sulfide) groups is 1. The van der Waals surface area contributed by atoms with Crippen molar-refractivity contribution >= 4 is 23.6 Å². The van der Waals surface area contributed by atoms with E-state index in [1.54, 1.807) is 30.6 Å². The van der Waals surface area contributed by atoms with E-state index in [-0.39, 0.29) is 12.4 Å². The van der Waals surface area contributed by atoms with E-state index in [4.69, 9.17) is 9.47 Å². The summed E-state index contributed by atoms with van der Waals surface area (Å²) in [6, 6.07) is 18.6. The predicted molar refractivity (Wildman–Crippen MR) is 130 cm³/mol. The maximum absolute atomic E-state index is 12.6. The topological polar surface area (TPSA) is 108 Å². The summed E-state index contributed by atoms with van der Waals surface area (Å²) >= 11 is 1.18. The highest BCUT2D eigenvalue weighted by Gasteiger charge is 2.28. The molecule has 0 spiro atoms. The van der Waals surface area contributed by atoms with Gasteiger partial charge in [0.15, 0.2) is 22.5 Å². The average molecular weight is 488 g/mol. The van der Waals surface area contributed by atoms with Crippen LogP contribution in [0.1, 0.15) is 5.56 Å². The molecule has 1 aliphatic rings. The van der Waals surface area contributed by atoms with Crippen molar-refractivity contribution in [1.29, 1.82) is 0 Å². The molecule has 2 amide bonds. The first-order valence-electron chi connectivity index (χ1n) is 10.9. The van der Waals surface area contributed by atoms with E-state index in [1.807, 2.05) is 54.0 Å². The monoisotopic (exact) mass is 487 g/mol. The van der Waals surface area contributed by atoms with E-state index in [1.165, 1.54) is 11.8 Å². The number of amides is 2. The van der Waals surface area contributed by atoms with E-state index in [0.717, 1.165) is 16.8 Å². The molecule has 35 heavy (non-hydrogen) atoms. The van der Waals surface area contributed by atoms with Crippen molar-refractivity contribution in [1.82, 2.24) is 25.1 Å². The molecule has 176 valence electrons. The lowest BCUT2D eigenvalue weighted by atomic mass is 10.2. The van der Waals surface area contributed by atoms with Gasteiger partial charge in [-0.25, -0.2) is 0 Å². The summed E-state index contributed by atoms with van der Waals surface area (Å²) in [6.07, 6.45) is 2.49. The standard InChI is InChI=1S/C25H21N5O4S/c1-16-7-2-3-9-18(16)30-23(17-8-6-12-26-13-17)28-29-25(30)35-15-22(31)27-24(32)21-14-33-19-10-4-5-11-20(19)34-21/h2-13,21H,14-15H2,1H3,(H,27,31,32)/t21-/m0/s1. The molecular weight excluding hydrogens is 466 g/mol. The van der Waals surface area contributed by atoms with Crippen LogP contribution in [0.4, 0.5) is 0 Å². The summed E-state index contributed by atoms with van der Waals surface area (Å²) in [7, 11) is 0. The summed E-state index contributed by atoms with van der Waals surface area (Å²) in [6.45, 7) is 2.02. The Hall–Kier alpha value is -4.18. The van der Waals surface area contributed by atoms with Crippen LogP contribution >= 0.6 is 11.8 Å². The second-order valence-corrected chi connectivity index (χ2v) is 8.68. The summed E-state index contributed by atoms with van der Waals surface area (Å²) in [5, 5.41) is 11.6. The van der Waals surface area contributed by atoms with Gasteiger partial charge in [0.05, 0.1) is 11.4 Å². The Morgan fingerprint density at radius 2 is 1.86 bits per heavy atom. The number of benzene rings is 2. The van der Waals surface area contributed by atoms with Gasteiger partial charge < -0.3 is 9.47 Å². The molecule has 4 aromatic rings. The number of carbonyl (C=O) groups excluding carboxylic acids is 2. The summed E-state index contributed by atoms with van der Waals surface area (Å²) in [4.78, 5) is 29.3.